The van der Waals surface area contributed by atoms with Crippen LogP contribution in [-0.2, 0) is 0 Å². The van der Waals surface area contributed by atoms with Gasteiger partial charge in [-0.3, -0.25) is 14.7 Å². The summed E-state index contributed by atoms with van der Waals surface area (Å²) in [6.45, 7) is 6.18. The number of carbonyl (C=O) groups excluding carboxylic acids is 1. The third-order valence-electron chi connectivity index (χ3n) is 5.53. The number of nitrogens with one attached hydrogen (secondary N) is 1. The van der Waals surface area contributed by atoms with E-state index in [0.717, 1.165) is 37.3 Å². The highest BCUT2D eigenvalue weighted by molar-refractivity contribution is 5.93. The number of imidazole rings is 1. The number of rotatable bonds is 4. The molecular formula is C21H25N5O. The van der Waals surface area contributed by atoms with E-state index >= 15 is 0 Å². The first-order chi connectivity index (χ1) is 13.1. The van der Waals surface area contributed by atoms with Gasteiger partial charge in [0.1, 0.15) is 11.3 Å². The van der Waals surface area contributed by atoms with Gasteiger partial charge in [0.05, 0.1) is 0 Å². The lowest BCUT2D eigenvalue weighted by molar-refractivity contribution is 0.0891. The van der Waals surface area contributed by atoms with Crippen LogP contribution in [0.5, 0.6) is 0 Å². The number of fused-ring (bicyclic) bond motifs is 1. The summed E-state index contributed by atoms with van der Waals surface area (Å²) in [5.74, 6) is -0.0845. The number of pyridine rings is 2. The molecule has 6 nitrogen and oxygen atoms in total. The Balaban J connectivity index is 1.36. The van der Waals surface area contributed by atoms with Crippen molar-refractivity contribution in [3.05, 3.63) is 65.9 Å². The van der Waals surface area contributed by atoms with Crippen molar-refractivity contribution in [2.45, 2.75) is 38.8 Å². The first-order valence-electron chi connectivity index (χ1n) is 9.51. The molecule has 1 aliphatic rings. The summed E-state index contributed by atoms with van der Waals surface area (Å²) in [6.07, 6.45) is 7.41. The van der Waals surface area contributed by atoms with Crippen molar-refractivity contribution in [3.8, 4) is 0 Å². The van der Waals surface area contributed by atoms with Crippen molar-refractivity contribution in [1.29, 1.82) is 0 Å². The Hall–Kier alpha value is -2.73. The largest absolute Gasteiger partial charge is 0.348 e. The van der Waals surface area contributed by atoms with Gasteiger partial charge in [-0.1, -0.05) is 6.07 Å². The highest BCUT2D eigenvalue weighted by Crippen LogP contribution is 2.23. The summed E-state index contributed by atoms with van der Waals surface area (Å²) < 4.78 is 1.95. The second-order valence-electron chi connectivity index (χ2n) is 7.26. The molecule has 6 heteroatoms. The Morgan fingerprint density at radius 3 is 2.63 bits per heavy atom. The zero-order valence-electron chi connectivity index (χ0n) is 15.8. The molecule has 1 saturated heterocycles. The number of likely N-dealkylation sites (tertiary alicyclic amines) is 1. The van der Waals surface area contributed by atoms with E-state index in [2.05, 4.69) is 39.2 Å². The van der Waals surface area contributed by atoms with E-state index < -0.39 is 0 Å². The van der Waals surface area contributed by atoms with Gasteiger partial charge >= 0.3 is 0 Å². The number of piperidine rings is 1. The average molecular weight is 363 g/mol. The maximum atomic E-state index is 12.6. The van der Waals surface area contributed by atoms with Crippen molar-refractivity contribution >= 4 is 11.6 Å². The van der Waals surface area contributed by atoms with Crippen molar-refractivity contribution in [2.75, 3.05) is 13.1 Å². The number of aromatic nitrogens is 3. The maximum absolute atomic E-state index is 12.6. The van der Waals surface area contributed by atoms with Crippen LogP contribution >= 0.6 is 0 Å². The Morgan fingerprint density at radius 1 is 1.19 bits per heavy atom. The molecule has 0 saturated carbocycles. The molecule has 27 heavy (non-hydrogen) atoms. The second-order valence-corrected chi connectivity index (χ2v) is 7.26. The fraction of sp³-hybridized carbons (Fsp3) is 0.381. The van der Waals surface area contributed by atoms with Gasteiger partial charge in [0.15, 0.2) is 0 Å². The van der Waals surface area contributed by atoms with Crippen LogP contribution in [-0.4, -0.2) is 44.3 Å². The molecule has 3 aromatic heterocycles. The van der Waals surface area contributed by atoms with Crippen molar-refractivity contribution in [1.82, 2.24) is 24.6 Å². The van der Waals surface area contributed by atoms with Crippen LogP contribution < -0.4 is 5.32 Å². The minimum atomic E-state index is -0.0845. The van der Waals surface area contributed by atoms with E-state index in [9.17, 15) is 4.79 Å². The average Bonchev–Trinajstić information content (AvgIpc) is 3.15. The molecule has 0 radical (unpaired) electrons. The van der Waals surface area contributed by atoms with Gasteiger partial charge in [-0.15, -0.1) is 0 Å². The third kappa shape index (κ3) is 3.71. The number of amides is 1. The normalized spacial score (nSPS) is 17.1. The van der Waals surface area contributed by atoms with Crippen LogP contribution in [0.1, 0.15) is 47.6 Å². The van der Waals surface area contributed by atoms with Crippen LogP contribution in [0, 0.1) is 6.92 Å². The molecule has 4 heterocycles. The van der Waals surface area contributed by atoms with E-state index in [4.69, 9.17) is 0 Å². The van der Waals surface area contributed by atoms with Crippen LogP contribution in [0.2, 0.25) is 0 Å². The summed E-state index contributed by atoms with van der Waals surface area (Å²) in [4.78, 5) is 23.6. The summed E-state index contributed by atoms with van der Waals surface area (Å²) in [6, 6.07) is 10.6. The molecule has 4 rings (SSSR count). The van der Waals surface area contributed by atoms with E-state index in [0.29, 0.717) is 11.7 Å². The van der Waals surface area contributed by atoms with Crippen molar-refractivity contribution in [3.63, 3.8) is 0 Å². The third-order valence-corrected chi connectivity index (χ3v) is 5.53. The quantitative estimate of drug-likeness (QED) is 0.774. The van der Waals surface area contributed by atoms with Gasteiger partial charge in [-0.2, -0.15) is 0 Å². The predicted octanol–water partition coefficient (Wildman–Crippen LogP) is 2.99. The predicted molar refractivity (Wildman–Crippen MR) is 105 cm³/mol. The molecule has 0 spiro atoms. The number of hydrogen-bond acceptors (Lipinski definition) is 4. The molecule has 0 aromatic carbocycles. The van der Waals surface area contributed by atoms with Gasteiger partial charge in [0.2, 0.25) is 0 Å². The molecular weight excluding hydrogens is 338 g/mol. The van der Waals surface area contributed by atoms with Gasteiger partial charge in [0.25, 0.3) is 5.91 Å². The first kappa shape index (κ1) is 17.7. The summed E-state index contributed by atoms with van der Waals surface area (Å²) in [5.41, 5.74) is 3.64. The first-order valence-corrected chi connectivity index (χ1v) is 9.51. The SMILES string of the molecule is Cc1cccc2nc(C(=O)NC3CCN([C@@H](C)c4ccncc4)CC3)cn12. The zero-order chi connectivity index (χ0) is 18.8. The minimum Gasteiger partial charge on any atom is -0.348 e. The number of carbonyl (C=O) groups is 1. The van der Waals surface area contributed by atoms with Gasteiger partial charge < -0.3 is 9.72 Å². The van der Waals surface area contributed by atoms with Crippen LogP contribution in [0.3, 0.4) is 0 Å². The molecule has 140 valence electrons. The molecule has 1 atom stereocenters. The number of nitrogens with zero attached hydrogens (tertiary/aromatic N) is 4. The monoisotopic (exact) mass is 363 g/mol. The fourth-order valence-corrected chi connectivity index (χ4v) is 3.80. The Morgan fingerprint density at radius 2 is 1.93 bits per heavy atom. The highest BCUT2D eigenvalue weighted by atomic mass is 16.2. The summed E-state index contributed by atoms with van der Waals surface area (Å²) in [5, 5.41) is 3.16. The number of aryl methyl sites for hydroxylation is 1. The van der Waals surface area contributed by atoms with E-state index in [1.807, 2.05) is 48.1 Å². The van der Waals surface area contributed by atoms with Crippen LogP contribution in [0.25, 0.3) is 5.65 Å². The van der Waals surface area contributed by atoms with E-state index in [1.165, 1.54) is 5.56 Å². The van der Waals surface area contributed by atoms with Crippen LogP contribution in [0.4, 0.5) is 0 Å². The molecule has 3 aromatic rings. The van der Waals surface area contributed by atoms with Crippen molar-refractivity contribution < 1.29 is 4.79 Å². The summed E-state index contributed by atoms with van der Waals surface area (Å²) >= 11 is 0. The maximum Gasteiger partial charge on any atom is 0.271 e. The highest BCUT2D eigenvalue weighted by Gasteiger charge is 2.25. The molecule has 0 aliphatic carbocycles. The van der Waals surface area contributed by atoms with E-state index in [-0.39, 0.29) is 11.9 Å². The smallest absolute Gasteiger partial charge is 0.271 e. The lowest BCUT2D eigenvalue weighted by Gasteiger charge is -2.36. The molecule has 1 N–H and O–H groups in total. The van der Waals surface area contributed by atoms with Crippen molar-refractivity contribution in [2.24, 2.45) is 0 Å². The second kappa shape index (κ2) is 7.48. The topological polar surface area (TPSA) is 62.5 Å². The zero-order valence-corrected chi connectivity index (χ0v) is 15.8. The van der Waals surface area contributed by atoms with E-state index in [1.54, 1.807) is 0 Å². The molecule has 0 unspecified atom stereocenters. The lowest BCUT2D eigenvalue weighted by atomic mass is 10.0. The van der Waals surface area contributed by atoms with Crippen LogP contribution in [0.15, 0.2) is 48.9 Å². The van der Waals surface area contributed by atoms with Gasteiger partial charge in [0, 0.05) is 49.5 Å². The fourth-order valence-electron chi connectivity index (χ4n) is 3.80. The molecule has 0 bridgehead atoms. The molecule has 1 amide bonds. The van der Waals surface area contributed by atoms with Gasteiger partial charge in [-0.05, 0) is 56.5 Å². The van der Waals surface area contributed by atoms with Gasteiger partial charge in [-0.25, -0.2) is 4.98 Å². The molecule has 1 aliphatic heterocycles. The Kier molecular flexibility index (Phi) is 4.90. The Bertz CT molecular complexity index is 928. The minimum absolute atomic E-state index is 0.0845. The molecule has 1 fully saturated rings. The standard InChI is InChI=1S/C21H25N5O/c1-15-4-3-5-20-24-19(14-26(15)20)21(27)23-18-8-12-25(13-9-18)16(2)17-6-10-22-11-7-17/h3-7,10-11,14,16,18H,8-9,12-13H2,1-2H3,(H,23,27)/t16-/m0/s1. The summed E-state index contributed by atoms with van der Waals surface area (Å²) in [7, 11) is 0. The Labute approximate surface area is 159 Å². The lowest BCUT2D eigenvalue weighted by Crippen LogP contribution is -2.45. The number of hydrogen-bond donors (Lipinski definition) is 1.